The zero-order valence-corrected chi connectivity index (χ0v) is 11.3. The summed E-state index contributed by atoms with van der Waals surface area (Å²) in [7, 11) is -3.50. The van der Waals surface area contributed by atoms with E-state index in [9.17, 15) is 13.5 Å². The molecule has 0 bridgehead atoms. The van der Waals surface area contributed by atoms with Crippen molar-refractivity contribution >= 4 is 10.0 Å². The molecule has 0 radical (unpaired) electrons. The highest BCUT2D eigenvalue weighted by molar-refractivity contribution is 7.89. The van der Waals surface area contributed by atoms with Crippen LogP contribution in [0.25, 0.3) is 0 Å². The summed E-state index contributed by atoms with van der Waals surface area (Å²) >= 11 is 0. The molecule has 1 saturated carbocycles. The molecule has 1 aliphatic rings. The third-order valence-electron chi connectivity index (χ3n) is 3.70. The molecule has 2 rings (SSSR count). The maximum absolute atomic E-state index is 12.0. The van der Waals surface area contributed by atoms with Crippen molar-refractivity contribution in [2.45, 2.75) is 31.1 Å². The molecule has 1 aliphatic carbocycles. The number of sulfonamides is 1. The first-order chi connectivity index (χ1) is 8.49. The van der Waals surface area contributed by atoms with Crippen LogP contribution in [0.2, 0.25) is 0 Å². The van der Waals surface area contributed by atoms with Crippen molar-refractivity contribution in [2.75, 3.05) is 6.54 Å². The summed E-state index contributed by atoms with van der Waals surface area (Å²) in [5, 5.41) is 9.31. The van der Waals surface area contributed by atoms with Gasteiger partial charge < -0.3 is 5.11 Å². The van der Waals surface area contributed by atoms with Crippen LogP contribution in [-0.2, 0) is 10.0 Å². The van der Waals surface area contributed by atoms with Crippen LogP contribution in [0.4, 0.5) is 0 Å². The van der Waals surface area contributed by atoms with Crippen LogP contribution >= 0.6 is 0 Å². The smallest absolute Gasteiger partial charge is 0.240 e. The molecule has 100 valence electrons. The van der Waals surface area contributed by atoms with Crippen LogP contribution in [0.5, 0.6) is 5.75 Å². The normalized spacial score (nSPS) is 24.3. The summed E-state index contributed by atoms with van der Waals surface area (Å²) in [6.07, 6.45) is 3.45. The number of hydrogen-bond acceptors (Lipinski definition) is 3. The quantitative estimate of drug-likeness (QED) is 0.879. The average Bonchev–Trinajstić information content (AvgIpc) is 2.72. The fourth-order valence-electron chi connectivity index (χ4n) is 2.48. The highest BCUT2D eigenvalue weighted by atomic mass is 32.2. The van der Waals surface area contributed by atoms with Crippen molar-refractivity contribution in [2.24, 2.45) is 11.8 Å². The van der Waals surface area contributed by atoms with Gasteiger partial charge in [-0.05, 0) is 36.5 Å². The summed E-state index contributed by atoms with van der Waals surface area (Å²) < 4.78 is 26.7. The minimum atomic E-state index is -3.50. The lowest BCUT2D eigenvalue weighted by Gasteiger charge is -2.16. The van der Waals surface area contributed by atoms with Gasteiger partial charge in [0.1, 0.15) is 5.75 Å². The van der Waals surface area contributed by atoms with E-state index in [0.717, 1.165) is 6.42 Å². The van der Waals surface area contributed by atoms with Crippen molar-refractivity contribution in [3.63, 3.8) is 0 Å². The monoisotopic (exact) mass is 269 g/mol. The van der Waals surface area contributed by atoms with Crippen molar-refractivity contribution in [3.8, 4) is 5.75 Å². The topological polar surface area (TPSA) is 66.4 Å². The van der Waals surface area contributed by atoms with E-state index in [1.165, 1.54) is 37.1 Å². The predicted octanol–water partition coefficient (Wildman–Crippen LogP) is 2.11. The van der Waals surface area contributed by atoms with E-state index in [0.29, 0.717) is 18.4 Å². The Hall–Kier alpha value is -1.07. The second kappa shape index (κ2) is 5.28. The van der Waals surface area contributed by atoms with Gasteiger partial charge in [0, 0.05) is 6.54 Å². The van der Waals surface area contributed by atoms with Crippen molar-refractivity contribution in [1.29, 1.82) is 0 Å². The van der Waals surface area contributed by atoms with E-state index >= 15 is 0 Å². The van der Waals surface area contributed by atoms with Gasteiger partial charge in [-0.25, -0.2) is 13.1 Å². The van der Waals surface area contributed by atoms with Crippen LogP contribution in [0, 0.1) is 11.8 Å². The number of hydrogen-bond donors (Lipinski definition) is 2. The Kier molecular flexibility index (Phi) is 3.92. The molecule has 2 N–H and O–H groups in total. The van der Waals surface area contributed by atoms with Gasteiger partial charge in [-0.2, -0.15) is 0 Å². The molecule has 0 spiro atoms. The van der Waals surface area contributed by atoms with Gasteiger partial charge in [-0.15, -0.1) is 0 Å². The maximum atomic E-state index is 12.0. The molecule has 1 aromatic carbocycles. The Morgan fingerprint density at radius 2 is 2.17 bits per heavy atom. The van der Waals surface area contributed by atoms with Gasteiger partial charge in [0.25, 0.3) is 0 Å². The predicted molar refractivity (Wildman–Crippen MR) is 69.8 cm³/mol. The van der Waals surface area contributed by atoms with Gasteiger partial charge in [0.05, 0.1) is 4.90 Å². The SMILES string of the molecule is CC1CCCC1CNS(=O)(=O)c1cccc(O)c1. The molecule has 2 unspecified atom stereocenters. The second-order valence-electron chi connectivity index (χ2n) is 5.02. The molecule has 5 heteroatoms. The lowest BCUT2D eigenvalue weighted by atomic mass is 9.99. The van der Waals surface area contributed by atoms with Gasteiger partial charge in [0.15, 0.2) is 0 Å². The lowest BCUT2D eigenvalue weighted by Crippen LogP contribution is -2.30. The largest absolute Gasteiger partial charge is 0.508 e. The van der Waals surface area contributed by atoms with Gasteiger partial charge in [-0.1, -0.05) is 25.8 Å². The molecule has 0 amide bonds. The maximum Gasteiger partial charge on any atom is 0.240 e. The third kappa shape index (κ3) is 3.03. The molecule has 0 heterocycles. The Morgan fingerprint density at radius 3 is 2.78 bits per heavy atom. The van der Waals surface area contributed by atoms with Crippen LogP contribution in [0.1, 0.15) is 26.2 Å². The van der Waals surface area contributed by atoms with E-state index in [1.807, 2.05) is 0 Å². The number of aromatic hydroxyl groups is 1. The minimum Gasteiger partial charge on any atom is -0.508 e. The minimum absolute atomic E-state index is 0.0351. The molecule has 4 nitrogen and oxygen atoms in total. The van der Waals surface area contributed by atoms with Gasteiger partial charge in [0.2, 0.25) is 10.0 Å². The standard InChI is InChI=1S/C13H19NO3S/c1-10-4-2-5-11(10)9-14-18(16,17)13-7-3-6-12(15)8-13/h3,6-8,10-11,14-15H,2,4-5,9H2,1H3. The summed E-state index contributed by atoms with van der Waals surface area (Å²) in [5.41, 5.74) is 0. The van der Waals surface area contributed by atoms with Crippen LogP contribution in [-0.4, -0.2) is 20.1 Å². The third-order valence-corrected chi connectivity index (χ3v) is 5.12. The first kappa shape index (κ1) is 13.4. The van der Waals surface area contributed by atoms with Gasteiger partial charge >= 0.3 is 0 Å². The number of rotatable bonds is 4. The molecule has 2 atom stereocenters. The average molecular weight is 269 g/mol. The Bertz CT molecular complexity index is 513. The zero-order valence-electron chi connectivity index (χ0n) is 10.5. The molecular weight excluding hydrogens is 250 g/mol. The second-order valence-corrected chi connectivity index (χ2v) is 6.78. The first-order valence-electron chi connectivity index (χ1n) is 6.28. The molecule has 0 aliphatic heterocycles. The zero-order chi connectivity index (χ0) is 13.2. The van der Waals surface area contributed by atoms with E-state index in [4.69, 9.17) is 0 Å². The number of phenols is 1. The van der Waals surface area contributed by atoms with Crippen molar-refractivity contribution in [1.82, 2.24) is 4.72 Å². The number of nitrogens with one attached hydrogen (secondary N) is 1. The number of phenolic OH excluding ortho intramolecular Hbond substituents is 1. The molecule has 1 aromatic rings. The Morgan fingerprint density at radius 1 is 1.39 bits per heavy atom. The van der Waals surface area contributed by atoms with E-state index < -0.39 is 10.0 Å². The van der Waals surface area contributed by atoms with Crippen LogP contribution < -0.4 is 4.72 Å². The lowest BCUT2D eigenvalue weighted by molar-refractivity contribution is 0.414. The van der Waals surface area contributed by atoms with Crippen molar-refractivity contribution < 1.29 is 13.5 Å². The van der Waals surface area contributed by atoms with E-state index in [-0.39, 0.29) is 10.6 Å². The van der Waals surface area contributed by atoms with Crippen molar-refractivity contribution in [3.05, 3.63) is 24.3 Å². The Balaban J connectivity index is 2.03. The fraction of sp³-hybridized carbons (Fsp3) is 0.538. The van der Waals surface area contributed by atoms with Crippen LogP contribution in [0.3, 0.4) is 0 Å². The van der Waals surface area contributed by atoms with Crippen LogP contribution in [0.15, 0.2) is 29.2 Å². The summed E-state index contributed by atoms with van der Waals surface area (Å²) in [4.78, 5) is 0.119. The first-order valence-corrected chi connectivity index (χ1v) is 7.76. The summed E-state index contributed by atoms with van der Waals surface area (Å²) in [6.45, 7) is 2.65. The Labute approximate surface area is 108 Å². The highest BCUT2D eigenvalue weighted by Crippen LogP contribution is 2.30. The molecule has 0 aromatic heterocycles. The summed E-state index contributed by atoms with van der Waals surface area (Å²) in [5.74, 6) is 0.973. The molecular formula is C13H19NO3S. The molecule has 1 fully saturated rings. The highest BCUT2D eigenvalue weighted by Gasteiger charge is 2.25. The molecule has 0 saturated heterocycles. The van der Waals surface area contributed by atoms with E-state index in [2.05, 4.69) is 11.6 Å². The summed E-state index contributed by atoms with van der Waals surface area (Å²) in [6, 6.07) is 5.74. The number of benzene rings is 1. The van der Waals surface area contributed by atoms with Gasteiger partial charge in [-0.3, -0.25) is 0 Å². The van der Waals surface area contributed by atoms with E-state index in [1.54, 1.807) is 0 Å². The fourth-order valence-corrected chi connectivity index (χ4v) is 3.61. The molecule has 18 heavy (non-hydrogen) atoms.